The zero-order valence-electron chi connectivity index (χ0n) is 17.1. The van der Waals surface area contributed by atoms with Gasteiger partial charge in [-0.3, -0.25) is 0 Å². The minimum absolute atomic E-state index is 0.103. The van der Waals surface area contributed by atoms with E-state index in [9.17, 15) is 9.59 Å². The molecule has 7 nitrogen and oxygen atoms in total. The minimum atomic E-state index is -0.509. The minimum Gasteiger partial charge on any atom is -0.491 e. The first-order valence-electron chi connectivity index (χ1n) is 9.43. The SMILES string of the molecule is C=CC(=C)OCCOc1ccc(OC(=O)c2ccc(OCCOC(=O)C=C)cc2)cc1. The molecule has 2 rings (SSSR count). The van der Waals surface area contributed by atoms with E-state index in [-0.39, 0.29) is 13.2 Å². The number of esters is 2. The van der Waals surface area contributed by atoms with Crippen molar-refractivity contribution in [3.63, 3.8) is 0 Å². The third-order valence-electron chi connectivity index (χ3n) is 3.75. The summed E-state index contributed by atoms with van der Waals surface area (Å²) in [6.07, 6.45) is 2.60. The number of carbonyl (C=O) groups is 2. The number of rotatable bonds is 13. The van der Waals surface area contributed by atoms with Gasteiger partial charge in [0.05, 0.1) is 5.56 Å². The Balaban J connectivity index is 1.76. The van der Waals surface area contributed by atoms with Crippen molar-refractivity contribution in [3.8, 4) is 17.2 Å². The van der Waals surface area contributed by atoms with Crippen LogP contribution < -0.4 is 14.2 Å². The molecule has 31 heavy (non-hydrogen) atoms. The second-order valence-corrected chi connectivity index (χ2v) is 5.97. The second-order valence-electron chi connectivity index (χ2n) is 5.97. The maximum Gasteiger partial charge on any atom is 0.343 e. The zero-order chi connectivity index (χ0) is 22.5. The highest BCUT2D eigenvalue weighted by Gasteiger charge is 2.09. The summed E-state index contributed by atoms with van der Waals surface area (Å²) in [7, 11) is 0. The largest absolute Gasteiger partial charge is 0.491 e. The van der Waals surface area contributed by atoms with Crippen LogP contribution in [0.5, 0.6) is 17.2 Å². The van der Waals surface area contributed by atoms with Crippen molar-refractivity contribution in [2.75, 3.05) is 26.4 Å². The lowest BCUT2D eigenvalue weighted by Crippen LogP contribution is -2.11. The quantitative estimate of drug-likeness (QED) is 0.120. The van der Waals surface area contributed by atoms with Crippen LogP contribution in [0.2, 0.25) is 0 Å². The normalized spacial score (nSPS) is 9.81. The van der Waals surface area contributed by atoms with Crippen molar-refractivity contribution in [3.05, 3.63) is 91.7 Å². The first-order chi connectivity index (χ1) is 15.0. The molecule has 7 heteroatoms. The van der Waals surface area contributed by atoms with Gasteiger partial charge < -0.3 is 23.7 Å². The summed E-state index contributed by atoms with van der Waals surface area (Å²) in [5, 5.41) is 0. The predicted molar refractivity (Wildman–Crippen MR) is 115 cm³/mol. The molecule has 0 aliphatic carbocycles. The molecular weight excluding hydrogens is 400 g/mol. The Morgan fingerprint density at radius 2 is 1.23 bits per heavy atom. The Morgan fingerprint density at radius 1 is 0.710 bits per heavy atom. The molecule has 0 aliphatic heterocycles. The molecule has 0 amide bonds. The van der Waals surface area contributed by atoms with Gasteiger partial charge in [0.25, 0.3) is 0 Å². The monoisotopic (exact) mass is 424 g/mol. The highest BCUT2D eigenvalue weighted by Crippen LogP contribution is 2.20. The van der Waals surface area contributed by atoms with Crippen molar-refractivity contribution >= 4 is 11.9 Å². The molecule has 0 spiro atoms. The van der Waals surface area contributed by atoms with Crippen LogP contribution in [0.15, 0.2) is 86.2 Å². The van der Waals surface area contributed by atoms with Crippen LogP contribution in [0, 0.1) is 0 Å². The van der Waals surface area contributed by atoms with E-state index in [4.69, 9.17) is 23.7 Å². The second kappa shape index (κ2) is 12.5. The van der Waals surface area contributed by atoms with Crippen LogP contribution in [-0.4, -0.2) is 38.4 Å². The number of benzene rings is 2. The van der Waals surface area contributed by atoms with Gasteiger partial charge in [0.15, 0.2) is 0 Å². The Labute approximate surface area is 181 Å². The van der Waals surface area contributed by atoms with Gasteiger partial charge in [-0.15, -0.1) is 0 Å². The van der Waals surface area contributed by atoms with E-state index in [0.29, 0.717) is 41.8 Å². The first kappa shape index (κ1) is 23.3. The summed E-state index contributed by atoms with van der Waals surface area (Å²) >= 11 is 0. The fraction of sp³-hybridized carbons (Fsp3) is 0.167. The molecular formula is C24H24O7. The van der Waals surface area contributed by atoms with Gasteiger partial charge in [0.1, 0.15) is 49.4 Å². The molecule has 2 aromatic carbocycles. The van der Waals surface area contributed by atoms with Gasteiger partial charge in [-0.05, 0) is 54.6 Å². The average Bonchev–Trinajstić information content (AvgIpc) is 2.80. The van der Waals surface area contributed by atoms with E-state index < -0.39 is 11.9 Å². The molecule has 0 aliphatic rings. The molecule has 0 aromatic heterocycles. The lowest BCUT2D eigenvalue weighted by Gasteiger charge is -2.09. The zero-order valence-corrected chi connectivity index (χ0v) is 17.1. The summed E-state index contributed by atoms with van der Waals surface area (Å²) in [5.74, 6) is 1.01. The molecule has 0 saturated carbocycles. The molecule has 0 atom stereocenters. The van der Waals surface area contributed by atoms with Gasteiger partial charge in [0.2, 0.25) is 0 Å². The molecule has 0 unspecified atom stereocenters. The van der Waals surface area contributed by atoms with Crippen molar-refractivity contribution < 1.29 is 33.3 Å². The number of hydrogen-bond acceptors (Lipinski definition) is 7. The Kier molecular flexibility index (Phi) is 9.42. The fourth-order valence-electron chi connectivity index (χ4n) is 2.21. The van der Waals surface area contributed by atoms with Crippen molar-refractivity contribution in [2.45, 2.75) is 0 Å². The van der Waals surface area contributed by atoms with Crippen LogP contribution in [0.3, 0.4) is 0 Å². The van der Waals surface area contributed by atoms with E-state index in [1.807, 2.05) is 0 Å². The smallest absolute Gasteiger partial charge is 0.343 e. The highest BCUT2D eigenvalue weighted by atomic mass is 16.6. The maximum absolute atomic E-state index is 12.3. The fourth-order valence-corrected chi connectivity index (χ4v) is 2.21. The standard InChI is InChI=1S/C24H24O7/c1-4-18(3)27-14-15-28-21-10-12-22(13-11-21)31-24(26)19-6-8-20(9-7-19)29-16-17-30-23(25)5-2/h4-13H,1-3,14-17H2. The van der Waals surface area contributed by atoms with Gasteiger partial charge >= 0.3 is 11.9 Å². The van der Waals surface area contributed by atoms with Crippen molar-refractivity contribution in [1.82, 2.24) is 0 Å². The van der Waals surface area contributed by atoms with Gasteiger partial charge in [-0.2, -0.15) is 0 Å². The molecule has 162 valence electrons. The molecule has 2 aromatic rings. The van der Waals surface area contributed by atoms with Crippen LogP contribution in [0.25, 0.3) is 0 Å². The van der Waals surface area contributed by atoms with E-state index in [0.717, 1.165) is 6.08 Å². The topological polar surface area (TPSA) is 80.3 Å². The van der Waals surface area contributed by atoms with E-state index in [1.165, 1.54) is 6.08 Å². The van der Waals surface area contributed by atoms with Crippen LogP contribution in [-0.2, 0) is 14.3 Å². The maximum atomic E-state index is 12.3. The highest BCUT2D eigenvalue weighted by molar-refractivity contribution is 5.91. The summed E-state index contributed by atoms with van der Waals surface area (Å²) in [6, 6.07) is 13.1. The average molecular weight is 424 g/mol. The van der Waals surface area contributed by atoms with E-state index in [1.54, 1.807) is 48.5 Å². The van der Waals surface area contributed by atoms with E-state index >= 15 is 0 Å². The van der Waals surface area contributed by atoms with Crippen LogP contribution >= 0.6 is 0 Å². The Morgan fingerprint density at radius 3 is 1.77 bits per heavy atom. The summed E-state index contributed by atoms with van der Waals surface area (Å²) < 4.78 is 26.4. The number of hydrogen-bond donors (Lipinski definition) is 0. The third kappa shape index (κ3) is 8.49. The van der Waals surface area contributed by atoms with Gasteiger partial charge in [0, 0.05) is 6.08 Å². The molecule has 0 fully saturated rings. The lowest BCUT2D eigenvalue weighted by atomic mass is 10.2. The van der Waals surface area contributed by atoms with Crippen molar-refractivity contribution in [1.29, 1.82) is 0 Å². The number of ether oxygens (including phenoxy) is 5. The molecule has 0 N–H and O–H groups in total. The summed E-state index contributed by atoms with van der Waals surface area (Å²) in [5.41, 5.74) is 0.366. The molecule has 0 bridgehead atoms. The number of carbonyl (C=O) groups excluding carboxylic acids is 2. The van der Waals surface area contributed by atoms with Crippen LogP contribution in [0.4, 0.5) is 0 Å². The first-order valence-corrected chi connectivity index (χ1v) is 9.43. The lowest BCUT2D eigenvalue weighted by molar-refractivity contribution is -0.138. The van der Waals surface area contributed by atoms with Crippen LogP contribution in [0.1, 0.15) is 10.4 Å². The van der Waals surface area contributed by atoms with Gasteiger partial charge in [-0.1, -0.05) is 19.7 Å². The summed E-state index contributed by atoms with van der Waals surface area (Å²) in [6.45, 7) is 11.5. The predicted octanol–water partition coefficient (Wildman–Crippen LogP) is 4.11. The van der Waals surface area contributed by atoms with Crippen molar-refractivity contribution in [2.24, 2.45) is 0 Å². The molecule has 0 radical (unpaired) electrons. The molecule has 0 saturated heterocycles. The van der Waals surface area contributed by atoms with E-state index in [2.05, 4.69) is 19.7 Å². The number of allylic oxidation sites excluding steroid dienone is 1. The van der Waals surface area contributed by atoms with Gasteiger partial charge in [-0.25, -0.2) is 9.59 Å². The Bertz CT molecular complexity index is 899. The Hall–Kier alpha value is -4.00. The third-order valence-corrected chi connectivity index (χ3v) is 3.75. The molecule has 0 heterocycles. The summed E-state index contributed by atoms with van der Waals surface area (Å²) in [4.78, 5) is 23.2.